The van der Waals surface area contributed by atoms with Crippen molar-refractivity contribution in [3.63, 3.8) is 0 Å². The lowest BCUT2D eigenvalue weighted by atomic mass is 10.1. The molecule has 1 N–H and O–H groups in total. The van der Waals surface area contributed by atoms with E-state index in [4.69, 9.17) is 0 Å². The normalized spacial score (nSPS) is 12.0. The van der Waals surface area contributed by atoms with E-state index < -0.39 is 5.60 Å². The molecule has 0 aliphatic rings. The molecule has 0 saturated heterocycles. The lowest BCUT2D eigenvalue weighted by molar-refractivity contribution is 0.0731. The molecule has 0 spiro atoms. The van der Waals surface area contributed by atoms with Gasteiger partial charge in [0.2, 0.25) is 0 Å². The fourth-order valence-electron chi connectivity index (χ4n) is 0.542. The summed E-state index contributed by atoms with van der Waals surface area (Å²) < 4.78 is 4.46. The predicted molar refractivity (Wildman–Crippen MR) is 42.9 cm³/mol. The molecule has 0 bridgehead atoms. The summed E-state index contributed by atoms with van der Waals surface area (Å²) in [6, 6.07) is 0. The van der Waals surface area contributed by atoms with Gasteiger partial charge in [-0.1, -0.05) is 4.49 Å². The standard InChI is InChI=1S/C5H7BrN2OS/c1-5(2,9)3-4(6)10-8-7-3/h9H,1-2H3. The van der Waals surface area contributed by atoms with Gasteiger partial charge in [0.15, 0.2) is 0 Å². The minimum Gasteiger partial charge on any atom is -0.384 e. The van der Waals surface area contributed by atoms with Gasteiger partial charge in [0, 0.05) is 0 Å². The van der Waals surface area contributed by atoms with Crippen molar-refractivity contribution >= 4 is 27.5 Å². The number of hydrogen-bond acceptors (Lipinski definition) is 4. The fourth-order valence-corrected chi connectivity index (χ4v) is 1.87. The number of aliphatic hydroxyl groups is 1. The van der Waals surface area contributed by atoms with Crippen molar-refractivity contribution in [3.8, 4) is 0 Å². The molecule has 0 saturated carbocycles. The van der Waals surface area contributed by atoms with Gasteiger partial charge < -0.3 is 5.11 Å². The molecule has 5 heteroatoms. The van der Waals surface area contributed by atoms with Crippen LogP contribution in [0.2, 0.25) is 0 Å². The first-order valence-corrected chi connectivity index (χ1v) is 4.29. The quantitative estimate of drug-likeness (QED) is 0.785. The molecule has 1 aromatic heterocycles. The van der Waals surface area contributed by atoms with Crippen LogP contribution >= 0.6 is 27.5 Å². The molecule has 0 aromatic carbocycles. The molecule has 0 aliphatic carbocycles. The molecule has 3 nitrogen and oxygen atoms in total. The third-order valence-electron chi connectivity index (χ3n) is 1.03. The second kappa shape index (κ2) is 2.56. The lowest BCUT2D eigenvalue weighted by Crippen LogP contribution is -2.16. The fraction of sp³-hybridized carbons (Fsp3) is 0.600. The molecule has 1 heterocycles. The Kier molecular flexibility index (Phi) is 2.07. The summed E-state index contributed by atoms with van der Waals surface area (Å²) in [5, 5.41) is 13.2. The van der Waals surface area contributed by atoms with E-state index in [2.05, 4.69) is 25.5 Å². The van der Waals surface area contributed by atoms with Crippen LogP contribution in [-0.2, 0) is 5.60 Å². The third-order valence-corrected chi connectivity index (χ3v) is 2.35. The zero-order chi connectivity index (χ0) is 7.78. The Labute approximate surface area is 71.4 Å². The highest BCUT2D eigenvalue weighted by Crippen LogP contribution is 2.27. The van der Waals surface area contributed by atoms with Crippen LogP contribution in [0, 0.1) is 0 Å². The first-order valence-electron chi connectivity index (χ1n) is 2.72. The van der Waals surface area contributed by atoms with E-state index in [0.29, 0.717) is 5.69 Å². The summed E-state index contributed by atoms with van der Waals surface area (Å²) in [7, 11) is 0. The number of nitrogens with zero attached hydrogens (tertiary/aromatic N) is 2. The molecule has 0 amide bonds. The Bertz CT molecular complexity index is 230. The summed E-state index contributed by atoms with van der Waals surface area (Å²) in [6.07, 6.45) is 0. The van der Waals surface area contributed by atoms with Crippen LogP contribution in [0.1, 0.15) is 19.5 Å². The number of aromatic nitrogens is 2. The molecule has 1 aromatic rings. The van der Waals surface area contributed by atoms with Gasteiger partial charge in [-0.15, -0.1) is 5.10 Å². The van der Waals surface area contributed by atoms with Crippen LogP contribution < -0.4 is 0 Å². The molecular formula is C5H7BrN2OS. The zero-order valence-electron chi connectivity index (χ0n) is 5.63. The first kappa shape index (κ1) is 8.10. The molecule has 56 valence electrons. The predicted octanol–water partition coefficient (Wildman–Crippen LogP) is 1.53. The molecule has 0 fully saturated rings. The number of hydrogen-bond donors (Lipinski definition) is 1. The van der Waals surface area contributed by atoms with Crippen LogP contribution in [0.15, 0.2) is 3.79 Å². The maximum absolute atomic E-state index is 9.43. The van der Waals surface area contributed by atoms with Crippen molar-refractivity contribution < 1.29 is 5.11 Å². The Morgan fingerprint density at radius 2 is 2.20 bits per heavy atom. The Morgan fingerprint density at radius 1 is 1.60 bits per heavy atom. The summed E-state index contributed by atoms with van der Waals surface area (Å²) in [6.45, 7) is 3.35. The van der Waals surface area contributed by atoms with Crippen molar-refractivity contribution in [1.82, 2.24) is 9.59 Å². The summed E-state index contributed by atoms with van der Waals surface area (Å²) in [5.74, 6) is 0. The van der Waals surface area contributed by atoms with Crippen LogP contribution in [0.3, 0.4) is 0 Å². The van der Waals surface area contributed by atoms with Crippen LogP contribution in [0.25, 0.3) is 0 Å². The molecule has 0 atom stereocenters. The van der Waals surface area contributed by atoms with Crippen LogP contribution in [0.5, 0.6) is 0 Å². The average molecular weight is 223 g/mol. The highest BCUT2D eigenvalue weighted by molar-refractivity contribution is 9.11. The lowest BCUT2D eigenvalue weighted by Gasteiger charge is -2.12. The molecule has 10 heavy (non-hydrogen) atoms. The highest BCUT2D eigenvalue weighted by Gasteiger charge is 2.22. The van der Waals surface area contributed by atoms with E-state index in [0.717, 1.165) is 3.79 Å². The second-order valence-corrected chi connectivity index (χ2v) is 4.53. The number of rotatable bonds is 1. The van der Waals surface area contributed by atoms with E-state index in [1.165, 1.54) is 11.5 Å². The largest absolute Gasteiger partial charge is 0.384 e. The van der Waals surface area contributed by atoms with Gasteiger partial charge in [0.25, 0.3) is 0 Å². The van der Waals surface area contributed by atoms with Crippen LogP contribution in [0.4, 0.5) is 0 Å². The van der Waals surface area contributed by atoms with Gasteiger partial charge in [-0.05, 0) is 41.3 Å². The monoisotopic (exact) mass is 222 g/mol. The molecule has 0 unspecified atom stereocenters. The summed E-state index contributed by atoms with van der Waals surface area (Å²) in [4.78, 5) is 0. The van der Waals surface area contributed by atoms with E-state index in [1.807, 2.05) is 0 Å². The van der Waals surface area contributed by atoms with Gasteiger partial charge in [-0.3, -0.25) is 0 Å². The first-order chi connectivity index (χ1) is 4.52. The minimum atomic E-state index is -0.897. The van der Waals surface area contributed by atoms with Crippen molar-refractivity contribution in [2.75, 3.05) is 0 Å². The van der Waals surface area contributed by atoms with E-state index >= 15 is 0 Å². The number of halogens is 1. The third kappa shape index (κ3) is 1.53. The highest BCUT2D eigenvalue weighted by atomic mass is 79.9. The van der Waals surface area contributed by atoms with E-state index in [-0.39, 0.29) is 0 Å². The SMILES string of the molecule is CC(C)(O)c1nnsc1Br. The van der Waals surface area contributed by atoms with Crippen molar-refractivity contribution in [2.24, 2.45) is 0 Å². The average Bonchev–Trinajstić information content (AvgIpc) is 2.11. The second-order valence-electron chi connectivity index (χ2n) is 2.45. The Morgan fingerprint density at radius 3 is 2.40 bits per heavy atom. The maximum Gasteiger partial charge on any atom is 0.121 e. The smallest absolute Gasteiger partial charge is 0.121 e. The van der Waals surface area contributed by atoms with Crippen molar-refractivity contribution in [2.45, 2.75) is 19.4 Å². The van der Waals surface area contributed by atoms with Gasteiger partial charge >= 0.3 is 0 Å². The van der Waals surface area contributed by atoms with Gasteiger partial charge in [0.1, 0.15) is 15.1 Å². The topological polar surface area (TPSA) is 46.0 Å². The molecule has 0 aliphatic heterocycles. The summed E-state index contributed by atoms with van der Waals surface area (Å²) >= 11 is 4.46. The van der Waals surface area contributed by atoms with Gasteiger partial charge in [-0.25, -0.2) is 0 Å². The van der Waals surface area contributed by atoms with E-state index in [9.17, 15) is 5.11 Å². The van der Waals surface area contributed by atoms with Crippen molar-refractivity contribution in [3.05, 3.63) is 9.48 Å². The maximum atomic E-state index is 9.43. The minimum absolute atomic E-state index is 0.595. The van der Waals surface area contributed by atoms with E-state index in [1.54, 1.807) is 13.8 Å². The zero-order valence-corrected chi connectivity index (χ0v) is 8.03. The Hall–Kier alpha value is -0.000000000000000111. The molecule has 0 radical (unpaired) electrons. The molecule has 1 rings (SSSR count). The van der Waals surface area contributed by atoms with Crippen molar-refractivity contribution in [1.29, 1.82) is 0 Å². The summed E-state index contributed by atoms with van der Waals surface area (Å²) in [5.41, 5.74) is -0.302. The Balaban J connectivity index is 3.05. The molecular weight excluding hydrogens is 216 g/mol. The van der Waals surface area contributed by atoms with Gasteiger partial charge in [-0.2, -0.15) is 0 Å². The van der Waals surface area contributed by atoms with Gasteiger partial charge in [0.05, 0.1) is 0 Å². The van der Waals surface area contributed by atoms with Crippen LogP contribution in [-0.4, -0.2) is 14.7 Å².